The lowest BCUT2D eigenvalue weighted by Crippen LogP contribution is -2.48. The van der Waals surface area contributed by atoms with Crippen molar-refractivity contribution in [3.63, 3.8) is 0 Å². The molecule has 0 saturated carbocycles. The van der Waals surface area contributed by atoms with Crippen molar-refractivity contribution in [2.24, 2.45) is 5.92 Å². The molecule has 1 aromatic carbocycles. The molecule has 1 rings (SSSR count). The highest BCUT2D eigenvalue weighted by molar-refractivity contribution is 7.89. The first-order chi connectivity index (χ1) is 10.7. The van der Waals surface area contributed by atoms with Crippen LogP contribution in [-0.4, -0.2) is 33.3 Å². The Morgan fingerprint density at radius 3 is 2.39 bits per heavy atom. The standard InChI is InChI=1S/C15H23N3O4S/c1-10(2)14(18-11(3)19)15(20)17-9-12-6-5-7-13(8-12)23(21,22)16-4/h5-8,10,14,16H,9H2,1-4H3,(H,17,20)(H,18,19)/t14-/m0/s1. The van der Waals surface area contributed by atoms with Gasteiger partial charge in [-0.05, 0) is 30.7 Å². The summed E-state index contributed by atoms with van der Waals surface area (Å²) in [5.41, 5.74) is 0.653. The van der Waals surface area contributed by atoms with Crippen LogP contribution < -0.4 is 15.4 Å². The third-order valence-electron chi connectivity index (χ3n) is 3.25. The van der Waals surface area contributed by atoms with E-state index in [-0.39, 0.29) is 29.2 Å². The van der Waals surface area contributed by atoms with Gasteiger partial charge in [0.15, 0.2) is 0 Å². The van der Waals surface area contributed by atoms with Crippen LogP contribution in [0.1, 0.15) is 26.3 Å². The van der Waals surface area contributed by atoms with Crippen LogP contribution in [0.4, 0.5) is 0 Å². The third kappa shape index (κ3) is 5.65. The summed E-state index contributed by atoms with van der Waals surface area (Å²) in [7, 11) is -2.19. The Hall–Kier alpha value is -1.93. The molecule has 0 aliphatic carbocycles. The highest BCUT2D eigenvalue weighted by Gasteiger charge is 2.22. The molecule has 0 bridgehead atoms. The van der Waals surface area contributed by atoms with Crippen LogP contribution in [0.15, 0.2) is 29.2 Å². The first-order valence-corrected chi connectivity index (χ1v) is 8.73. The Labute approximate surface area is 136 Å². The van der Waals surface area contributed by atoms with Gasteiger partial charge < -0.3 is 10.6 Å². The second-order valence-corrected chi connectivity index (χ2v) is 7.38. The number of hydrogen-bond donors (Lipinski definition) is 3. The molecule has 0 unspecified atom stereocenters. The van der Waals surface area contributed by atoms with Crippen LogP contribution in [0.3, 0.4) is 0 Å². The number of sulfonamides is 1. The fraction of sp³-hybridized carbons (Fsp3) is 0.467. The number of carbonyl (C=O) groups excluding carboxylic acids is 2. The van der Waals surface area contributed by atoms with Gasteiger partial charge in [0.05, 0.1) is 4.90 Å². The summed E-state index contributed by atoms with van der Waals surface area (Å²) < 4.78 is 25.8. The zero-order chi connectivity index (χ0) is 17.6. The van der Waals surface area contributed by atoms with E-state index in [9.17, 15) is 18.0 Å². The van der Waals surface area contributed by atoms with E-state index >= 15 is 0 Å². The summed E-state index contributed by atoms with van der Waals surface area (Å²) in [5, 5.41) is 5.32. The molecule has 0 fully saturated rings. The molecule has 128 valence electrons. The second-order valence-electron chi connectivity index (χ2n) is 5.49. The number of rotatable bonds is 7. The van der Waals surface area contributed by atoms with Gasteiger partial charge in [-0.15, -0.1) is 0 Å². The number of carbonyl (C=O) groups is 2. The first-order valence-electron chi connectivity index (χ1n) is 7.24. The average Bonchev–Trinajstić information content (AvgIpc) is 2.50. The number of benzene rings is 1. The van der Waals surface area contributed by atoms with E-state index in [2.05, 4.69) is 15.4 Å². The molecule has 23 heavy (non-hydrogen) atoms. The summed E-state index contributed by atoms with van der Waals surface area (Å²) in [4.78, 5) is 23.5. The van der Waals surface area contributed by atoms with Crippen molar-refractivity contribution in [3.05, 3.63) is 29.8 Å². The van der Waals surface area contributed by atoms with Crippen LogP contribution in [0.25, 0.3) is 0 Å². The minimum absolute atomic E-state index is 0.0603. The lowest BCUT2D eigenvalue weighted by molar-refractivity contribution is -0.129. The molecule has 2 amide bonds. The summed E-state index contributed by atoms with van der Waals surface area (Å²) in [6, 6.07) is 5.68. The number of amides is 2. The Bertz CT molecular complexity index is 671. The Balaban J connectivity index is 2.80. The molecule has 0 saturated heterocycles. The minimum Gasteiger partial charge on any atom is -0.350 e. The Morgan fingerprint density at radius 1 is 1.22 bits per heavy atom. The zero-order valence-electron chi connectivity index (χ0n) is 13.7. The van der Waals surface area contributed by atoms with Gasteiger partial charge in [-0.25, -0.2) is 13.1 Å². The summed E-state index contributed by atoms with van der Waals surface area (Å²) >= 11 is 0. The first kappa shape index (κ1) is 19.1. The van der Waals surface area contributed by atoms with Gasteiger partial charge in [-0.2, -0.15) is 0 Å². The van der Waals surface area contributed by atoms with Gasteiger partial charge in [0.25, 0.3) is 0 Å². The van der Waals surface area contributed by atoms with E-state index in [0.29, 0.717) is 5.56 Å². The average molecular weight is 341 g/mol. The molecule has 0 spiro atoms. The maximum Gasteiger partial charge on any atom is 0.243 e. The Morgan fingerprint density at radius 2 is 1.87 bits per heavy atom. The minimum atomic E-state index is -3.52. The van der Waals surface area contributed by atoms with Gasteiger partial charge in [-0.1, -0.05) is 26.0 Å². The molecule has 7 nitrogen and oxygen atoms in total. The summed E-state index contributed by atoms with van der Waals surface area (Å²) in [6.45, 7) is 5.20. The van der Waals surface area contributed by atoms with Gasteiger partial charge in [0, 0.05) is 13.5 Å². The summed E-state index contributed by atoms with van der Waals surface area (Å²) in [5.74, 6) is -0.645. The highest BCUT2D eigenvalue weighted by atomic mass is 32.2. The maximum atomic E-state index is 12.2. The molecule has 0 heterocycles. The SMILES string of the molecule is CNS(=O)(=O)c1cccc(CNC(=O)[C@@H](NC(C)=O)C(C)C)c1. The van der Waals surface area contributed by atoms with Crippen LogP contribution >= 0.6 is 0 Å². The third-order valence-corrected chi connectivity index (χ3v) is 4.66. The topological polar surface area (TPSA) is 104 Å². The van der Waals surface area contributed by atoms with E-state index in [1.165, 1.54) is 26.1 Å². The van der Waals surface area contributed by atoms with Crippen molar-refractivity contribution in [2.45, 2.75) is 38.3 Å². The van der Waals surface area contributed by atoms with E-state index < -0.39 is 16.1 Å². The highest BCUT2D eigenvalue weighted by Crippen LogP contribution is 2.11. The maximum absolute atomic E-state index is 12.2. The molecule has 3 N–H and O–H groups in total. The molecule has 1 aromatic rings. The molecular weight excluding hydrogens is 318 g/mol. The lowest BCUT2D eigenvalue weighted by atomic mass is 10.0. The monoisotopic (exact) mass is 341 g/mol. The van der Waals surface area contributed by atoms with Crippen LogP contribution in [0.5, 0.6) is 0 Å². The van der Waals surface area contributed by atoms with Gasteiger partial charge >= 0.3 is 0 Å². The van der Waals surface area contributed by atoms with Crippen molar-refractivity contribution in [2.75, 3.05) is 7.05 Å². The molecular formula is C15H23N3O4S. The fourth-order valence-electron chi connectivity index (χ4n) is 1.99. The molecule has 0 radical (unpaired) electrons. The molecule has 0 aromatic heterocycles. The zero-order valence-corrected chi connectivity index (χ0v) is 14.5. The number of nitrogens with one attached hydrogen (secondary N) is 3. The fourth-order valence-corrected chi connectivity index (χ4v) is 2.79. The largest absolute Gasteiger partial charge is 0.350 e. The van der Waals surface area contributed by atoms with Crippen molar-refractivity contribution in [3.8, 4) is 0 Å². The Kier molecular flexibility index (Phi) is 6.71. The number of hydrogen-bond acceptors (Lipinski definition) is 4. The smallest absolute Gasteiger partial charge is 0.243 e. The van der Waals surface area contributed by atoms with Crippen molar-refractivity contribution in [1.82, 2.24) is 15.4 Å². The van der Waals surface area contributed by atoms with Crippen molar-refractivity contribution < 1.29 is 18.0 Å². The second kappa shape index (κ2) is 8.07. The van der Waals surface area contributed by atoms with E-state index in [4.69, 9.17) is 0 Å². The normalized spacial score (nSPS) is 12.7. The molecule has 8 heteroatoms. The van der Waals surface area contributed by atoms with Gasteiger partial charge in [0.2, 0.25) is 21.8 Å². The molecule has 1 atom stereocenters. The van der Waals surface area contributed by atoms with E-state index in [1.807, 2.05) is 13.8 Å². The molecule has 0 aliphatic heterocycles. The molecule has 0 aliphatic rings. The lowest BCUT2D eigenvalue weighted by Gasteiger charge is -2.21. The predicted molar refractivity (Wildman–Crippen MR) is 87.0 cm³/mol. The van der Waals surface area contributed by atoms with Crippen molar-refractivity contribution in [1.29, 1.82) is 0 Å². The predicted octanol–water partition coefficient (Wildman–Crippen LogP) is 0.372. The van der Waals surface area contributed by atoms with Crippen LogP contribution in [0.2, 0.25) is 0 Å². The van der Waals surface area contributed by atoms with Crippen LogP contribution in [-0.2, 0) is 26.2 Å². The quantitative estimate of drug-likeness (QED) is 0.666. The van der Waals surface area contributed by atoms with Crippen LogP contribution in [0, 0.1) is 5.92 Å². The van der Waals surface area contributed by atoms with E-state index in [1.54, 1.807) is 12.1 Å². The van der Waals surface area contributed by atoms with Gasteiger partial charge in [0.1, 0.15) is 6.04 Å². The van der Waals surface area contributed by atoms with Crippen molar-refractivity contribution >= 4 is 21.8 Å². The summed E-state index contributed by atoms with van der Waals surface area (Å²) in [6.07, 6.45) is 0. The van der Waals surface area contributed by atoms with Gasteiger partial charge in [-0.3, -0.25) is 9.59 Å². The van der Waals surface area contributed by atoms with E-state index in [0.717, 1.165) is 0 Å².